The van der Waals surface area contributed by atoms with Crippen molar-refractivity contribution in [3.63, 3.8) is 0 Å². The van der Waals surface area contributed by atoms with E-state index in [1.54, 1.807) is 18.9 Å². The molecule has 144 valence electrons. The average molecular weight is 368 g/mol. The molecule has 0 aliphatic carbocycles. The highest BCUT2D eigenvalue weighted by Gasteiger charge is 2.25. The van der Waals surface area contributed by atoms with Crippen LogP contribution in [0.1, 0.15) is 29.2 Å². The fraction of sp³-hybridized carbons (Fsp3) is 0.364. The summed E-state index contributed by atoms with van der Waals surface area (Å²) in [5.74, 6) is 0.241. The van der Waals surface area contributed by atoms with Crippen molar-refractivity contribution in [3.8, 4) is 5.75 Å². The highest BCUT2D eigenvalue weighted by atomic mass is 16.5. The Balaban J connectivity index is 2.14. The lowest BCUT2D eigenvalue weighted by Gasteiger charge is -2.28. The van der Waals surface area contributed by atoms with Crippen molar-refractivity contribution in [1.82, 2.24) is 10.2 Å². The SMILES string of the molecule is CNC(=O)[C@@H](C)N(Cc1ccc(C)cc1)C(=O)COc1ccc(C)cc1C. The predicted molar refractivity (Wildman–Crippen MR) is 107 cm³/mol. The first-order chi connectivity index (χ1) is 12.8. The van der Waals surface area contributed by atoms with Gasteiger partial charge in [0.1, 0.15) is 11.8 Å². The number of rotatable bonds is 7. The van der Waals surface area contributed by atoms with Gasteiger partial charge in [-0.25, -0.2) is 0 Å². The maximum atomic E-state index is 12.8. The molecule has 27 heavy (non-hydrogen) atoms. The summed E-state index contributed by atoms with van der Waals surface area (Å²) in [5, 5.41) is 2.61. The molecule has 0 saturated heterocycles. The minimum absolute atomic E-state index is 0.114. The van der Waals surface area contributed by atoms with E-state index in [4.69, 9.17) is 4.74 Å². The fourth-order valence-corrected chi connectivity index (χ4v) is 2.87. The monoisotopic (exact) mass is 368 g/mol. The summed E-state index contributed by atoms with van der Waals surface area (Å²) < 4.78 is 5.73. The first-order valence-corrected chi connectivity index (χ1v) is 9.08. The van der Waals surface area contributed by atoms with Gasteiger partial charge in [0.2, 0.25) is 5.91 Å². The van der Waals surface area contributed by atoms with Crippen molar-refractivity contribution < 1.29 is 14.3 Å². The molecule has 0 radical (unpaired) electrons. The molecule has 5 heteroatoms. The molecule has 2 aromatic rings. The van der Waals surface area contributed by atoms with Gasteiger partial charge in [0, 0.05) is 13.6 Å². The van der Waals surface area contributed by atoms with Crippen LogP contribution >= 0.6 is 0 Å². The van der Waals surface area contributed by atoms with Crippen molar-refractivity contribution in [2.24, 2.45) is 0 Å². The van der Waals surface area contributed by atoms with Gasteiger partial charge in [0.25, 0.3) is 5.91 Å². The number of aryl methyl sites for hydroxylation is 3. The number of carbonyl (C=O) groups is 2. The fourth-order valence-electron chi connectivity index (χ4n) is 2.87. The Morgan fingerprint density at radius 2 is 1.67 bits per heavy atom. The van der Waals surface area contributed by atoms with E-state index in [-0.39, 0.29) is 18.4 Å². The van der Waals surface area contributed by atoms with Gasteiger partial charge in [0.05, 0.1) is 0 Å². The van der Waals surface area contributed by atoms with Crippen LogP contribution in [0.5, 0.6) is 5.75 Å². The van der Waals surface area contributed by atoms with Crippen molar-refractivity contribution in [2.75, 3.05) is 13.7 Å². The van der Waals surface area contributed by atoms with Gasteiger partial charge < -0.3 is 15.0 Å². The third kappa shape index (κ3) is 5.58. The summed E-state index contributed by atoms with van der Waals surface area (Å²) >= 11 is 0. The van der Waals surface area contributed by atoms with Crippen LogP contribution in [0.3, 0.4) is 0 Å². The number of ether oxygens (including phenoxy) is 1. The number of amides is 2. The zero-order valence-electron chi connectivity index (χ0n) is 16.7. The van der Waals surface area contributed by atoms with Gasteiger partial charge in [0.15, 0.2) is 6.61 Å². The van der Waals surface area contributed by atoms with Crippen LogP contribution in [0.2, 0.25) is 0 Å². The highest BCUT2D eigenvalue weighted by Crippen LogP contribution is 2.19. The standard InChI is InChI=1S/C22H28N2O3/c1-15-6-9-19(10-7-15)13-24(18(4)22(26)23-5)21(25)14-27-20-11-8-16(2)12-17(20)3/h6-12,18H,13-14H2,1-5H3,(H,23,26)/t18-/m1/s1. The molecule has 0 unspecified atom stereocenters. The Kier molecular flexibility index (Phi) is 6.99. The minimum atomic E-state index is -0.591. The van der Waals surface area contributed by atoms with E-state index in [0.717, 1.165) is 22.3 Å². The number of hydrogen-bond acceptors (Lipinski definition) is 3. The molecule has 2 rings (SSSR count). The number of benzene rings is 2. The van der Waals surface area contributed by atoms with Gasteiger partial charge in [-0.05, 0) is 44.9 Å². The molecule has 5 nitrogen and oxygen atoms in total. The van der Waals surface area contributed by atoms with E-state index in [2.05, 4.69) is 5.32 Å². The second-order valence-electron chi connectivity index (χ2n) is 6.86. The number of carbonyl (C=O) groups excluding carboxylic acids is 2. The quantitative estimate of drug-likeness (QED) is 0.817. The summed E-state index contributed by atoms with van der Waals surface area (Å²) in [7, 11) is 1.57. The predicted octanol–water partition coefficient (Wildman–Crippen LogP) is 3.15. The van der Waals surface area contributed by atoms with Gasteiger partial charge in [-0.15, -0.1) is 0 Å². The van der Waals surface area contributed by atoms with Crippen molar-refractivity contribution in [1.29, 1.82) is 0 Å². The lowest BCUT2D eigenvalue weighted by Crippen LogP contribution is -2.48. The molecular weight excluding hydrogens is 340 g/mol. The first-order valence-electron chi connectivity index (χ1n) is 9.08. The molecule has 0 heterocycles. The molecule has 0 aliphatic heterocycles. The Morgan fingerprint density at radius 3 is 2.26 bits per heavy atom. The summed E-state index contributed by atoms with van der Waals surface area (Å²) in [6.45, 7) is 7.93. The highest BCUT2D eigenvalue weighted by molar-refractivity contribution is 5.87. The van der Waals surface area contributed by atoms with Crippen molar-refractivity contribution >= 4 is 11.8 Å². The third-order valence-electron chi connectivity index (χ3n) is 4.57. The molecule has 0 saturated carbocycles. The maximum Gasteiger partial charge on any atom is 0.261 e. The van der Waals surface area contributed by atoms with Crippen LogP contribution in [-0.2, 0) is 16.1 Å². The second-order valence-corrected chi connectivity index (χ2v) is 6.86. The molecule has 0 fully saturated rings. The maximum absolute atomic E-state index is 12.8. The van der Waals surface area contributed by atoms with E-state index in [1.807, 2.05) is 63.2 Å². The summed E-state index contributed by atoms with van der Waals surface area (Å²) in [4.78, 5) is 26.5. The molecule has 1 atom stereocenters. The number of nitrogens with one attached hydrogen (secondary N) is 1. The molecule has 2 amide bonds. The van der Waals surface area contributed by atoms with Gasteiger partial charge in [-0.1, -0.05) is 47.5 Å². The Morgan fingerprint density at radius 1 is 1.04 bits per heavy atom. The molecule has 0 bridgehead atoms. The molecule has 2 aromatic carbocycles. The molecule has 0 aliphatic rings. The van der Waals surface area contributed by atoms with Crippen LogP contribution in [0.25, 0.3) is 0 Å². The molecular formula is C22H28N2O3. The van der Waals surface area contributed by atoms with Gasteiger partial charge in [-0.3, -0.25) is 9.59 Å². The summed E-state index contributed by atoms with van der Waals surface area (Å²) in [5.41, 5.74) is 4.23. The summed E-state index contributed by atoms with van der Waals surface area (Å²) in [6.07, 6.45) is 0. The second kappa shape index (κ2) is 9.21. The number of likely N-dealkylation sites (N-methyl/N-ethyl adjacent to an activating group) is 1. The van der Waals surface area contributed by atoms with Crippen LogP contribution in [-0.4, -0.2) is 36.4 Å². The lowest BCUT2D eigenvalue weighted by atomic mass is 10.1. The molecule has 1 N–H and O–H groups in total. The van der Waals surface area contributed by atoms with Crippen LogP contribution < -0.4 is 10.1 Å². The van der Waals surface area contributed by atoms with Crippen LogP contribution in [0, 0.1) is 20.8 Å². The normalized spacial score (nSPS) is 11.6. The zero-order chi connectivity index (χ0) is 20.0. The van der Waals surface area contributed by atoms with Crippen molar-refractivity contribution in [3.05, 3.63) is 64.7 Å². The van der Waals surface area contributed by atoms with E-state index in [9.17, 15) is 9.59 Å². The zero-order valence-corrected chi connectivity index (χ0v) is 16.7. The largest absolute Gasteiger partial charge is 0.483 e. The third-order valence-corrected chi connectivity index (χ3v) is 4.57. The number of hydrogen-bond donors (Lipinski definition) is 1. The van der Waals surface area contributed by atoms with E-state index in [1.165, 1.54) is 0 Å². The van der Waals surface area contributed by atoms with E-state index >= 15 is 0 Å². The molecule has 0 aromatic heterocycles. The average Bonchev–Trinajstić information content (AvgIpc) is 2.65. The Labute approximate surface area is 161 Å². The Bertz CT molecular complexity index is 800. The summed E-state index contributed by atoms with van der Waals surface area (Å²) in [6, 6.07) is 13.2. The minimum Gasteiger partial charge on any atom is -0.483 e. The van der Waals surface area contributed by atoms with Crippen molar-refractivity contribution in [2.45, 2.75) is 40.3 Å². The Hall–Kier alpha value is -2.82. The smallest absolute Gasteiger partial charge is 0.261 e. The van der Waals surface area contributed by atoms with E-state index < -0.39 is 6.04 Å². The lowest BCUT2D eigenvalue weighted by molar-refractivity contribution is -0.142. The van der Waals surface area contributed by atoms with Crippen LogP contribution in [0.4, 0.5) is 0 Å². The number of nitrogens with zero attached hydrogens (tertiary/aromatic N) is 1. The van der Waals surface area contributed by atoms with Crippen LogP contribution in [0.15, 0.2) is 42.5 Å². The molecule has 0 spiro atoms. The van der Waals surface area contributed by atoms with Gasteiger partial charge in [-0.2, -0.15) is 0 Å². The van der Waals surface area contributed by atoms with Gasteiger partial charge >= 0.3 is 0 Å². The van der Waals surface area contributed by atoms with E-state index in [0.29, 0.717) is 12.3 Å². The topological polar surface area (TPSA) is 58.6 Å². The first kappa shape index (κ1) is 20.5.